The largest absolute Gasteiger partial charge is 0.480 e. The molecule has 0 aromatic heterocycles. The van der Waals surface area contributed by atoms with Crippen molar-refractivity contribution in [2.45, 2.75) is 50.6 Å². The van der Waals surface area contributed by atoms with Crippen LogP contribution in [0, 0.1) is 5.92 Å². The van der Waals surface area contributed by atoms with Gasteiger partial charge >= 0.3 is 5.97 Å². The number of hydrogen-bond acceptors (Lipinski definition) is 3. The lowest BCUT2D eigenvalue weighted by Gasteiger charge is -2.38. The van der Waals surface area contributed by atoms with E-state index in [1.807, 2.05) is 0 Å². The van der Waals surface area contributed by atoms with Gasteiger partial charge in [0, 0.05) is 12.6 Å². The van der Waals surface area contributed by atoms with Gasteiger partial charge in [-0.25, -0.2) is 0 Å². The van der Waals surface area contributed by atoms with Crippen molar-refractivity contribution in [1.82, 2.24) is 10.2 Å². The number of nitrogens with zero attached hydrogens (tertiary/aromatic N) is 1. The highest BCUT2D eigenvalue weighted by molar-refractivity contribution is 5.73. The lowest BCUT2D eigenvalue weighted by molar-refractivity contribution is -0.139. The summed E-state index contributed by atoms with van der Waals surface area (Å²) in [7, 11) is 1.73. The first-order chi connectivity index (χ1) is 8.22. The highest BCUT2D eigenvalue weighted by Gasteiger charge is 2.34. The molecule has 2 fully saturated rings. The molecule has 0 bridgehead atoms. The number of likely N-dealkylation sites (N-methyl/N-ethyl adjacent to an activating group) is 1. The van der Waals surface area contributed by atoms with E-state index in [0.29, 0.717) is 0 Å². The number of carbonyl (C=O) groups is 1. The quantitative estimate of drug-likeness (QED) is 0.761. The molecule has 0 radical (unpaired) electrons. The first-order valence-electron chi connectivity index (χ1n) is 6.86. The summed E-state index contributed by atoms with van der Waals surface area (Å²) in [6, 6.07) is 0.354. The molecule has 2 rings (SSSR count). The number of likely N-dealkylation sites (tertiary alicyclic amines) is 1. The molecule has 0 spiro atoms. The van der Waals surface area contributed by atoms with E-state index in [0.717, 1.165) is 31.5 Å². The van der Waals surface area contributed by atoms with E-state index in [2.05, 4.69) is 10.2 Å². The number of carboxylic acids is 1. The molecule has 1 aliphatic carbocycles. The van der Waals surface area contributed by atoms with Gasteiger partial charge in [0.1, 0.15) is 6.04 Å². The van der Waals surface area contributed by atoms with E-state index in [1.165, 1.54) is 32.1 Å². The van der Waals surface area contributed by atoms with Gasteiger partial charge in [0.25, 0.3) is 0 Å². The Hall–Kier alpha value is -0.610. The van der Waals surface area contributed by atoms with Crippen LogP contribution in [-0.4, -0.2) is 48.2 Å². The molecule has 1 aliphatic heterocycles. The summed E-state index contributed by atoms with van der Waals surface area (Å²) in [5.74, 6) is 0.161. The molecule has 2 N–H and O–H groups in total. The Morgan fingerprint density at radius 2 is 2.18 bits per heavy atom. The number of fused-ring (bicyclic) bond motifs is 1. The molecule has 1 saturated heterocycles. The fraction of sp³-hybridized carbons (Fsp3) is 0.923. The van der Waals surface area contributed by atoms with Crippen LogP contribution in [0.25, 0.3) is 0 Å². The van der Waals surface area contributed by atoms with Gasteiger partial charge in [0.05, 0.1) is 0 Å². The Morgan fingerprint density at radius 1 is 1.41 bits per heavy atom. The summed E-state index contributed by atoms with van der Waals surface area (Å²) in [5.41, 5.74) is 0. The number of piperidine rings is 1. The maximum absolute atomic E-state index is 10.9. The van der Waals surface area contributed by atoms with Crippen molar-refractivity contribution in [2.75, 3.05) is 20.1 Å². The Labute approximate surface area is 103 Å². The molecule has 3 atom stereocenters. The molecule has 0 amide bonds. The van der Waals surface area contributed by atoms with Crippen LogP contribution < -0.4 is 5.32 Å². The van der Waals surface area contributed by atoms with Crippen molar-refractivity contribution in [3.05, 3.63) is 0 Å². The zero-order chi connectivity index (χ0) is 12.3. The molecule has 1 saturated carbocycles. The van der Waals surface area contributed by atoms with Crippen LogP contribution >= 0.6 is 0 Å². The molecule has 98 valence electrons. The highest BCUT2D eigenvalue weighted by Crippen LogP contribution is 2.36. The van der Waals surface area contributed by atoms with Crippen molar-refractivity contribution < 1.29 is 9.90 Å². The van der Waals surface area contributed by atoms with Gasteiger partial charge in [-0.2, -0.15) is 0 Å². The molecule has 4 nitrogen and oxygen atoms in total. The molecule has 1 heterocycles. The van der Waals surface area contributed by atoms with E-state index in [1.54, 1.807) is 7.05 Å². The Morgan fingerprint density at radius 3 is 2.88 bits per heavy atom. The summed E-state index contributed by atoms with van der Waals surface area (Å²) < 4.78 is 0. The summed E-state index contributed by atoms with van der Waals surface area (Å²) in [6.07, 6.45) is 7.46. The monoisotopic (exact) mass is 240 g/mol. The topological polar surface area (TPSA) is 52.6 Å². The SMILES string of the molecule is CNC(CCN1CCCC2CCCC21)C(=O)O. The summed E-state index contributed by atoms with van der Waals surface area (Å²) >= 11 is 0. The maximum Gasteiger partial charge on any atom is 0.320 e. The van der Waals surface area contributed by atoms with E-state index in [9.17, 15) is 4.79 Å². The van der Waals surface area contributed by atoms with E-state index >= 15 is 0 Å². The zero-order valence-corrected chi connectivity index (χ0v) is 10.7. The third-order valence-electron chi connectivity index (χ3n) is 4.46. The second-order valence-electron chi connectivity index (χ2n) is 5.40. The number of carboxylic acid groups (broad SMARTS) is 1. The first-order valence-corrected chi connectivity index (χ1v) is 6.86. The lowest BCUT2D eigenvalue weighted by atomic mass is 9.91. The number of aliphatic carboxylic acids is 1. The van der Waals surface area contributed by atoms with E-state index in [-0.39, 0.29) is 0 Å². The summed E-state index contributed by atoms with van der Waals surface area (Å²) in [4.78, 5) is 13.5. The lowest BCUT2D eigenvalue weighted by Crippen LogP contribution is -2.45. The zero-order valence-electron chi connectivity index (χ0n) is 10.7. The normalized spacial score (nSPS) is 31.1. The number of nitrogens with one attached hydrogen (secondary N) is 1. The summed E-state index contributed by atoms with van der Waals surface area (Å²) in [6.45, 7) is 2.09. The molecule has 0 aromatic rings. The van der Waals surface area contributed by atoms with Crippen molar-refractivity contribution in [3.8, 4) is 0 Å². The molecule has 3 unspecified atom stereocenters. The second-order valence-corrected chi connectivity index (χ2v) is 5.40. The van der Waals surface area contributed by atoms with Gasteiger partial charge in [-0.3, -0.25) is 4.79 Å². The minimum absolute atomic E-state index is 0.392. The average molecular weight is 240 g/mol. The van der Waals surface area contributed by atoms with Crippen molar-refractivity contribution in [2.24, 2.45) is 5.92 Å². The fourth-order valence-electron chi connectivity index (χ4n) is 3.52. The van der Waals surface area contributed by atoms with Gasteiger partial charge in [-0.15, -0.1) is 0 Å². The predicted octanol–water partition coefficient (Wildman–Crippen LogP) is 1.31. The van der Waals surface area contributed by atoms with Crippen LogP contribution in [0.15, 0.2) is 0 Å². The van der Waals surface area contributed by atoms with Gasteiger partial charge in [-0.05, 0) is 51.6 Å². The predicted molar refractivity (Wildman–Crippen MR) is 67.0 cm³/mol. The number of hydrogen-bond donors (Lipinski definition) is 2. The van der Waals surface area contributed by atoms with Crippen LogP contribution in [0.4, 0.5) is 0 Å². The molecule has 17 heavy (non-hydrogen) atoms. The van der Waals surface area contributed by atoms with Crippen molar-refractivity contribution in [3.63, 3.8) is 0 Å². The Kier molecular flexibility index (Phi) is 4.40. The van der Waals surface area contributed by atoms with E-state index in [4.69, 9.17) is 5.11 Å². The van der Waals surface area contributed by atoms with Crippen LogP contribution in [0.1, 0.15) is 38.5 Å². The summed E-state index contributed by atoms with van der Waals surface area (Å²) in [5, 5.41) is 11.9. The molecular weight excluding hydrogens is 216 g/mol. The molecule has 0 aromatic carbocycles. The minimum Gasteiger partial charge on any atom is -0.480 e. The van der Waals surface area contributed by atoms with Gasteiger partial charge in [-0.1, -0.05) is 6.42 Å². The third kappa shape index (κ3) is 2.99. The highest BCUT2D eigenvalue weighted by atomic mass is 16.4. The maximum atomic E-state index is 10.9. The van der Waals surface area contributed by atoms with Gasteiger partial charge < -0.3 is 15.3 Å². The molecule has 2 aliphatic rings. The molecular formula is C13H24N2O2. The van der Waals surface area contributed by atoms with Crippen molar-refractivity contribution in [1.29, 1.82) is 0 Å². The third-order valence-corrected chi connectivity index (χ3v) is 4.46. The number of rotatable bonds is 5. The van der Waals surface area contributed by atoms with E-state index < -0.39 is 12.0 Å². The van der Waals surface area contributed by atoms with Crippen LogP contribution in [-0.2, 0) is 4.79 Å². The first kappa shape index (κ1) is 12.8. The average Bonchev–Trinajstić information content (AvgIpc) is 2.78. The molecule has 4 heteroatoms. The second kappa shape index (κ2) is 5.83. The standard InChI is InChI=1S/C13H24N2O2/c1-14-11(13(16)17)7-9-15-8-3-5-10-4-2-6-12(10)15/h10-12,14H,2-9H2,1H3,(H,16,17). The smallest absolute Gasteiger partial charge is 0.320 e. The van der Waals surface area contributed by atoms with Crippen LogP contribution in [0.2, 0.25) is 0 Å². The Balaban J connectivity index is 1.83. The fourth-order valence-corrected chi connectivity index (χ4v) is 3.52. The van der Waals surface area contributed by atoms with Gasteiger partial charge in [0.2, 0.25) is 0 Å². The van der Waals surface area contributed by atoms with Crippen LogP contribution in [0.3, 0.4) is 0 Å². The minimum atomic E-state index is -0.729. The van der Waals surface area contributed by atoms with Crippen LogP contribution in [0.5, 0.6) is 0 Å². The Bertz CT molecular complexity index is 270. The van der Waals surface area contributed by atoms with Crippen molar-refractivity contribution >= 4 is 5.97 Å². The van der Waals surface area contributed by atoms with Gasteiger partial charge in [0.15, 0.2) is 0 Å².